The molecule has 1 aromatic heterocycles. The minimum Gasteiger partial charge on any atom is -0.293 e. The van der Waals surface area contributed by atoms with E-state index in [-0.39, 0.29) is 11.6 Å². The van der Waals surface area contributed by atoms with Crippen molar-refractivity contribution in [2.24, 2.45) is 0 Å². The predicted octanol–water partition coefficient (Wildman–Crippen LogP) is 3.76. The Bertz CT molecular complexity index is 535. The third-order valence-corrected chi connectivity index (χ3v) is 3.84. The van der Waals surface area contributed by atoms with E-state index in [1.54, 1.807) is 12.1 Å². The average molecular weight is 347 g/mol. The van der Waals surface area contributed by atoms with E-state index in [0.29, 0.717) is 5.69 Å². The number of hydrogen-bond donors (Lipinski definition) is 0. The van der Waals surface area contributed by atoms with Crippen LogP contribution >= 0.6 is 33.9 Å². The Kier molecular flexibility index (Phi) is 3.34. The van der Waals surface area contributed by atoms with Crippen LogP contribution in [0.5, 0.6) is 0 Å². The summed E-state index contributed by atoms with van der Waals surface area (Å²) in [6.07, 6.45) is 0. The van der Waals surface area contributed by atoms with Gasteiger partial charge in [-0.1, -0.05) is 12.1 Å². The van der Waals surface area contributed by atoms with Crippen LogP contribution in [0.15, 0.2) is 24.3 Å². The van der Waals surface area contributed by atoms with Gasteiger partial charge in [-0.2, -0.15) is 0 Å². The van der Waals surface area contributed by atoms with Gasteiger partial charge in [0.15, 0.2) is 8.80 Å². The van der Waals surface area contributed by atoms with Gasteiger partial charge in [-0.3, -0.25) is 4.79 Å². The molecule has 82 valence electrons. The molecule has 2 rings (SSSR count). The average Bonchev–Trinajstić information content (AvgIpc) is 2.61. The van der Waals surface area contributed by atoms with E-state index in [2.05, 4.69) is 27.6 Å². The van der Waals surface area contributed by atoms with Gasteiger partial charge in [-0.15, -0.1) is 11.3 Å². The summed E-state index contributed by atoms with van der Waals surface area (Å²) in [5.41, 5.74) is 1.29. The van der Waals surface area contributed by atoms with Crippen LogP contribution in [0.1, 0.15) is 17.4 Å². The van der Waals surface area contributed by atoms with Crippen molar-refractivity contribution in [3.05, 3.63) is 38.8 Å². The number of carbonyl (C=O) groups is 1. The topological polar surface area (TPSA) is 30.0 Å². The van der Waals surface area contributed by atoms with Gasteiger partial charge in [0.05, 0.1) is 4.88 Å². The number of benzene rings is 1. The summed E-state index contributed by atoms with van der Waals surface area (Å²) in [7, 11) is 0. The van der Waals surface area contributed by atoms with Gasteiger partial charge in [0.2, 0.25) is 0 Å². The highest BCUT2D eigenvalue weighted by Gasteiger charge is 2.15. The molecule has 0 spiro atoms. The Hall–Kier alpha value is -0.820. The number of thiazole rings is 1. The second kappa shape index (κ2) is 4.58. The molecule has 16 heavy (non-hydrogen) atoms. The van der Waals surface area contributed by atoms with Crippen LogP contribution in [0.4, 0.5) is 4.39 Å². The van der Waals surface area contributed by atoms with E-state index in [4.69, 9.17) is 0 Å². The first-order valence-corrected chi connectivity index (χ1v) is 6.40. The Morgan fingerprint density at radius 2 is 2.00 bits per heavy atom. The van der Waals surface area contributed by atoms with Crippen molar-refractivity contribution >= 4 is 39.7 Å². The minimum atomic E-state index is -0.285. The molecule has 0 aliphatic carbocycles. The summed E-state index contributed by atoms with van der Waals surface area (Å²) in [4.78, 5) is 16.4. The van der Waals surface area contributed by atoms with Crippen molar-refractivity contribution in [2.45, 2.75) is 6.92 Å². The molecule has 5 heteroatoms. The van der Waals surface area contributed by atoms with E-state index >= 15 is 0 Å². The molecule has 0 amide bonds. The van der Waals surface area contributed by atoms with Gasteiger partial charge < -0.3 is 0 Å². The normalized spacial score (nSPS) is 10.4. The fourth-order valence-corrected chi connectivity index (χ4v) is 3.08. The molecule has 0 saturated heterocycles. The zero-order valence-corrected chi connectivity index (χ0v) is 11.3. The van der Waals surface area contributed by atoms with Gasteiger partial charge >= 0.3 is 0 Å². The van der Waals surface area contributed by atoms with Crippen LogP contribution in [-0.2, 0) is 0 Å². The monoisotopic (exact) mass is 347 g/mol. The lowest BCUT2D eigenvalue weighted by atomic mass is 10.1. The summed E-state index contributed by atoms with van der Waals surface area (Å²) in [6.45, 7) is 1.48. The first-order chi connectivity index (χ1) is 7.58. The molecule has 0 radical (unpaired) electrons. The van der Waals surface area contributed by atoms with Crippen molar-refractivity contribution < 1.29 is 9.18 Å². The highest BCUT2D eigenvalue weighted by molar-refractivity contribution is 14.1. The van der Waals surface area contributed by atoms with E-state index in [0.717, 1.165) is 13.5 Å². The molecule has 2 aromatic rings. The Labute approximate surface area is 110 Å². The lowest BCUT2D eigenvalue weighted by Crippen LogP contribution is -1.94. The van der Waals surface area contributed by atoms with Gasteiger partial charge in [0, 0.05) is 6.92 Å². The van der Waals surface area contributed by atoms with Crippen LogP contribution in [-0.4, -0.2) is 10.8 Å². The lowest BCUT2D eigenvalue weighted by Gasteiger charge is -1.98. The third-order valence-electron chi connectivity index (χ3n) is 2.04. The number of Topliss-reactive ketones (excluding diaryl/α,β-unsaturated/α-hetero) is 1. The number of carbonyl (C=O) groups excluding carboxylic acids is 1. The molecule has 1 heterocycles. The molecule has 0 aliphatic heterocycles. The van der Waals surface area contributed by atoms with Crippen LogP contribution < -0.4 is 0 Å². The van der Waals surface area contributed by atoms with Gasteiger partial charge in [-0.05, 0) is 40.3 Å². The molecular weight excluding hydrogens is 340 g/mol. The fourth-order valence-electron chi connectivity index (χ4n) is 1.33. The smallest absolute Gasteiger partial charge is 0.179 e. The number of aromatic nitrogens is 1. The van der Waals surface area contributed by atoms with E-state index < -0.39 is 0 Å². The maximum absolute atomic E-state index is 12.8. The highest BCUT2D eigenvalue weighted by atomic mass is 127. The number of ketones is 1. The van der Waals surface area contributed by atoms with Gasteiger partial charge in [-0.25, -0.2) is 9.37 Å². The summed E-state index contributed by atoms with van der Waals surface area (Å²) in [5.74, 6) is -0.356. The number of hydrogen-bond acceptors (Lipinski definition) is 3. The zero-order valence-electron chi connectivity index (χ0n) is 8.33. The molecule has 0 saturated carbocycles. The van der Waals surface area contributed by atoms with Crippen LogP contribution in [0.25, 0.3) is 10.4 Å². The Balaban J connectivity index is 2.55. The first kappa shape index (κ1) is 11.7. The molecule has 0 fully saturated rings. The second-order valence-corrected chi connectivity index (χ2v) is 5.96. The second-order valence-electron chi connectivity index (χ2n) is 3.21. The van der Waals surface area contributed by atoms with E-state index in [9.17, 15) is 9.18 Å². The molecule has 2 nitrogen and oxygen atoms in total. The molecule has 0 aliphatic rings. The van der Waals surface area contributed by atoms with Crippen molar-refractivity contribution in [1.82, 2.24) is 4.98 Å². The van der Waals surface area contributed by atoms with Crippen LogP contribution in [0.2, 0.25) is 0 Å². The molecule has 0 N–H and O–H groups in total. The largest absolute Gasteiger partial charge is 0.293 e. The van der Waals surface area contributed by atoms with Crippen molar-refractivity contribution in [1.29, 1.82) is 0 Å². The number of rotatable bonds is 2. The van der Waals surface area contributed by atoms with E-state index in [1.807, 2.05) is 0 Å². The van der Waals surface area contributed by atoms with Crippen LogP contribution in [0.3, 0.4) is 0 Å². The number of halogens is 2. The molecule has 0 bridgehead atoms. The summed E-state index contributed by atoms with van der Waals surface area (Å²) < 4.78 is 13.6. The molecular formula is C11H7FINOS. The fraction of sp³-hybridized carbons (Fsp3) is 0.0909. The standard InChI is InChI=1S/C11H7FINOS/c1-6(15)9-10(16-11(13)14-9)7-2-4-8(12)5-3-7/h2-5H,1H3. The Morgan fingerprint density at radius 1 is 1.38 bits per heavy atom. The molecule has 1 aromatic carbocycles. The van der Waals surface area contributed by atoms with Crippen molar-refractivity contribution in [3.8, 4) is 10.4 Å². The minimum absolute atomic E-state index is 0.0708. The van der Waals surface area contributed by atoms with Crippen LogP contribution in [0, 0.1) is 8.83 Å². The maximum atomic E-state index is 12.8. The van der Waals surface area contributed by atoms with E-state index in [1.165, 1.54) is 30.4 Å². The maximum Gasteiger partial charge on any atom is 0.179 e. The number of nitrogens with zero attached hydrogens (tertiary/aromatic N) is 1. The summed E-state index contributed by atoms with van der Waals surface area (Å²) >= 11 is 3.51. The predicted molar refractivity (Wildman–Crippen MR) is 70.2 cm³/mol. The first-order valence-electron chi connectivity index (χ1n) is 4.51. The quantitative estimate of drug-likeness (QED) is 0.612. The van der Waals surface area contributed by atoms with Crippen molar-refractivity contribution in [2.75, 3.05) is 0 Å². The summed E-state index contributed by atoms with van der Waals surface area (Å²) in [6, 6.07) is 6.08. The van der Waals surface area contributed by atoms with Gasteiger partial charge in [0.25, 0.3) is 0 Å². The zero-order chi connectivity index (χ0) is 11.7. The lowest BCUT2D eigenvalue weighted by molar-refractivity contribution is 0.101. The SMILES string of the molecule is CC(=O)c1nc(I)sc1-c1ccc(F)cc1. The molecule has 0 unspecified atom stereocenters. The van der Waals surface area contributed by atoms with Gasteiger partial charge in [0.1, 0.15) is 11.5 Å². The van der Waals surface area contributed by atoms with Crippen molar-refractivity contribution in [3.63, 3.8) is 0 Å². The Morgan fingerprint density at radius 3 is 2.56 bits per heavy atom. The third kappa shape index (κ3) is 2.30. The molecule has 0 atom stereocenters. The highest BCUT2D eigenvalue weighted by Crippen LogP contribution is 2.31. The summed E-state index contributed by atoms with van der Waals surface area (Å²) in [5, 5.41) is 0.